The summed E-state index contributed by atoms with van der Waals surface area (Å²) in [5, 5.41) is 0. The van der Waals surface area contributed by atoms with E-state index in [1.165, 1.54) is 22.3 Å². The Hall–Kier alpha value is -2.74. The molecule has 0 atom stereocenters. The topological polar surface area (TPSA) is 35.2 Å². The lowest BCUT2D eigenvalue weighted by atomic mass is 9.85. The van der Waals surface area contributed by atoms with E-state index in [9.17, 15) is 0 Å². The minimum Gasteiger partial charge on any atom is -0.457 e. The maximum Gasteiger partial charge on any atom is 0.127 e. The first kappa shape index (κ1) is 18.1. The Morgan fingerprint density at radius 1 is 0.654 bits per heavy atom. The fourth-order valence-electron chi connectivity index (χ4n) is 3.25. The third-order valence-corrected chi connectivity index (χ3v) is 4.63. The van der Waals surface area contributed by atoms with Crippen LogP contribution in [0.1, 0.15) is 50.7 Å². The molecule has 0 aliphatic rings. The predicted octanol–water partition coefficient (Wildman–Crippen LogP) is 6.97. The molecule has 0 aromatic heterocycles. The van der Waals surface area contributed by atoms with Gasteiger partial charge in [0.05, 0.1) is 0 Å². The van der Waals surface area contributed by atoms with Crippen molar-refractivity contribution < 1.29 is 4.74 Å². The van der Waals surface area contributed by atoms with E-state index in [0.717, 1.165) is 17.2 Å². The Kier molecular flexibility index (Phi) is 5.32. The average Bonchev–Trinajstić information content (AvgIpc) is 2.63. The SMILES string of the molecule is CC(C)c1cccc(C(C)C)c1-c1ccc(Oc2ccc(N)cc2)cc1. The van der Waals surface area contributed by atoms with Gasteiger partial charge in [0.15, 0.2) is 0 Å². The van der Waals surface area contributed by atoms with Gasteiger partial charge >= 0.3 is 0 Å². The standard InChI is InChI=1S/C24H27NO/c1-16(2)22-6-5-7-23(17(3)4)24(22)18-8-12-20(13-9-18)26-21-14-10-19(25)11-15-21/h5-17H,25H2,1-4H3. The maximum absolute atomic E-state index is 5.92. The third kappa shape index (κ3) is 3.91. The molecular weight excluding hydrogens is 318 g/mol. The molecule has 0 spiro atoms. The van der Waals surface area contributed by atoms with Crippen molar-refractivity contribution in [1.29, 1.82) is 0 Å². The van der Waals surface area contributed by atoms with Gasteiger partial charge in [-0.1, -0.05) is 58.0 Å². The molecule has 0 amide bonds. The Morgan fingerprint density at radius 3 is 1.58 bits per heavy atom. The molecule has 0 aliphatic heterocycles. The zero-order chi connectivity index (χ0) is 18.7. The molecule has 2 N–H and O–H groups in total. The van der Waals surface area contributed by atoms with Crippen LogP contribution >= 0.6 is 0 Å². The summed E-state index contributed by atoms with van der Waals surface area (Å²) in [5.41, 5.74) is 11.8. The minimum absolute atomic E-state index is 0.481. The monoisotopic (exact) mass is 345 g/mol. The Morgan fingerprint density at radius 2 is 1.12 bits per heavy atom. The third-order valence-electron chi connectivity index (χ3n) is 4.63. The van der Waals surface area contributed by atoms with Gasteiger partial charge in [-0.25, -0.2) is 0 Å². The Labute approximate surface area is 156 Å². The van der Waals surface area contributed by atoms with Gasteiger partial charge in [0, 0.05) is 5.69 Å². The molecule has 0 radical (unpaired) electrons. The summed E-state index contributed by atoms with van der Waals surface area (Å²) >= 11 is 0. The summed E-state index contributed by atoms with van der Waals surface area (Å²) in [6.45, 7) is 9.01. The molecular formula is C24H27NO. The van der Waals surface area contributed by atoms with E-state index in [1.54, 1.807) is 0 Å². The van der Waals surface area contributed by atoms with Crippen molar-refractivity contribution in [2.24, 2.45) is 0 Å². The molecule has 2 heteroatoms. The highest BCUT2D eigenvalue weighted by atomic mass is 16.5. The number of hydrogen-bond acceptors (Lipinski definition) is 2. The van der Waals surface area contributed by atoms with Crippen molar-refractivity contribution in [3.05, 3.63) is 77.9 Å². The van der Waals surface area contributed by atoms with Crippen LogP contribution in [0.4, 0.5) is 5.69 Å². The number of rotatable bonds is 5. The second kappa shape index (κ2) is 7.65. The number of ether oxygens (including phenoxy) is 1. The smallest absolute Gasteiger partial charge is 0.127 e. The number of nitrogen functional groups attached to an aromatic ring is 1. The van der Waals surface area contributed by atoms with Crippen LogP contribution in [-0.4, -0.2) is 0 Å². The zero-order valence-electron chi connectivity index (χ0n) is 16.0. The Balaban J connectivity index is 1.94. The fourth-order valence-corrected chi connectivity index (χ4v) is 3.25. The summed E-state index contributed by atoms with van der Waals surface area (Å²) in [4.78, 5) is 0. The van der Waals surface area contributed by atoms with E-state index in [0.29, 0.717) is 11.8 Å². The largest absolute Gasteiger partial charge is 0.457 e. The molecule has 0 saturated carbocycles. The lowest BCUT2D eigenvalue weighted by molar-refractivity contribution is 0.483. The first-order valence-corrected chi connectivity index (χ1v) is 9.22. The summed E-state index contributed by atoms with van der Waals surface area (Å²) in [7, 11) is 0. The van der Waals surface area contributed by atoms with Crippen LogP contribution in [0.3, 0.4) is 0 Å². The summed E-state index contributed by atoms with van der Waals surface area (Å²) in [6.07, 6.45) is 0. The first-order valence-electron chi connectivity index (χ1n) is 9.22. The lowest BCUT2D eigenvalue weighted by Crippen LogP contribution is -1.99. The van der Waals surface area contributed by atoms with Gasteiger partial charge in [-0.15, -0.1) is 0 Å². The molecule has 3 aromatic carbocycles. The molecule has 0 saturated heterocycles. The summed E-state index contributed by atoms with van der Waals surface area (Å²) in [6, 6.07) is 22.5. The second-order valence-corrected chi connectivity index (χ2v) is 7.32. The normalized spacial score (nSPS) is 11.2. The van der Waals surface area contributed by atoms with Gasteiger partial charge in [0.1, 0.15) is 11.5 Å². The van der Waals surface area contributed by atoms with Crippen molar-refractivity contribution in [3.63, 3.8) is 0 Å². The first-order chi connectivity index (χ1) is 12.5. The minimum atomic E-state index is 0.481. The van der Waals surface area contributed by atoms with Crippen molar-refractivity contribution in [1.82, 2.24) is 0 Å². The molecule has 2 nitrogen and oxygen atoms in total. The molecule has 0 heterocycles. The average molecular weight is 345 g/mol. The van der Waals surface area contributed by atoms with E-state index in [4.69, 9.17) is 10.5 Å². The predicted molar refractivity (Wildman–Crippen MR) is 111 cm³/mol. The van der Waals surface area contributed by atoms with Gasteiger partial charge in [0.2, 0.25) is 0 Å². The van der Waals surface area contributed by atoms with Crippen molar-refractivity contribution in [2.75, 3.05) is 5.73 Å². The summed E-state index contributed by atoms with van der Waals surface area (Å²) < 4.78 is 5.92. The highest BCUT2D eigenvalue weighted by Crippen LogP contribution is 2.37. The highest BCUT2D eigenvalue weighted by molar-refractivity contribution is 5.73. The molecule has 26 heavy (non-hydrogen) atoms. The second-order valence-electron chi connectivity index (χ2n) is 7.32. The van der Waals surface area contributed by atoms with E-state index >= 15 is 0 Å². The van der Waals surface area contributed by atoms with Crippen LogP contribution in [-0.2, 0) is 0 Å². The quantitative estimate of drug-likeness (QED) is 0.506. The van der Waals surface area contributed by atoms with Gasteiger partial charge < -0.3 is 10.5 Å². The van der Waals surface area contributed by atoms with E-state index in [2.05, 4.69) is 58.0 Å². The van der Waals surface area contributed by atoms with Crippen molar-refractivity contribution >= 4 is 5.69 Å². The number of hydrogen-bond donors (Lipinski definition) is 1. The number of benzene rings is 3. The number of nitrogens with two attached hydrogens (primary N) is 1. The van der Waals surface area contributed by atoms with Crippen LogP contribution < -0.4 is 10.5 Å². The summed E-state index contributed by atoms with van der Waals surface area (Å²) in [5.74, 6) is 2.58. The lowest BCUT2D eigenvalue weighted by Gasteiger charge is -2.20. The fraction of sp³-hybridized carbons (Fsp3) is 0.250. The molecule has 0 unspecified atom stereocenters. The van der Waals surface area contributed by atoms with Crippen LogP contribution in [0.2, 0.25) is 0 Å². The van der Waals surface area contributed by atoms with E-state index in [-0.39, 0.29) is 0 Å². The van der Waals surface area contributed by atoms with Gasteiger partial charge in [-0.3, -0.25) is 0 Å². The van der Waals surface area contributed by atoms with E-state index in [1.807, 2.05) is 36.4 Å². The zero-order valence-corrected chi connectivity index (χ0v) is 16.0. The molecule has 134 valence electrons. The molecule has 0 bridgehead atoms. The van der Waals surface area contributed by atoms with E-state index < -0.39 is 0 Å². The van der Waals surface area contributed by atoms with Crippen molar-refractivity contribution in [2.45, 2.75) is 39.5 Å². The van der Waals surface area contributed by atoms with Gasteiger partial charge in [0.25, 0.3) is 0 Å². The molecule has 3 aromatic rings. The van der Waals surface area contributed by atoms with Gasteiger partial charge in [-0.2, -0.15) is 0 Å². The highest BCUT2D eigenvalue weighted by Gasteiger charge is 2.15. The van der Waals surface area contributed by atoms with Crippen LogP contribution in [0, 0.1) is 0 Å². The molecule has 3 rings (SSSR count). The van der Waals surface area contributed by atoms with Crippen LogP contribution in [0.25, 0.3) is 11.1 Å². The maximum atomic E-state index is 5.92. The van der Waals surface area contributed by atoms with Gasteiger partial charge in [-0.05, 0) is 70.5 Å². The molecule has 0 aliphatic carbocycles. The number of anilines is 1. The van der Waals surface area contributed by atoms with Crippen molar-refractivity contribution in [3.8, 4) is 22.6 Å². The molecule has 0 fully saturated rings. The van der Waals surface area contributed by atoms with Crippen LogP contribution in [0.5, 0.6) is 11.5 Å². The van der Waals surface area contributed by atoms with Crippen LogP contribution in [0.15, 0.2) is 66.7 Å². The Bertz CT molecular complexity index is 835.